The highest BCUT2D eigenvalue weighted by Crippen LogP contribution is 2.20. The van der Waals surface area contributed by atoms with Crippen LogP contribution in [-0.2, 0) is 14.3 Å². The topological polar surface area (TPSA) is 87.7 Å². The van der Waals surface area contributed by atoms with E-state index in [9.17, 15) is 14.4 Å². The van der Waals surface area contributed by atoms with Crippen LogP contribution in [0.4, 0.5) is 10.5 Å². The first kappa shape index (κ1) is 21.6. The summed E-state index contributed by atoms with van der Waals surface area (Å²) >= 11 is 0. The third-order valence-corrected chi connectivity index (χ3v) is 4.07. The van der Waals surface area contributed by atoms with E-state index in [-0.39, 0.29) is 25.6 Å². The molecule has 0 aliphatic carbocycles. The molecular weight excluding hydrogens is 334 g/mol. The van der Waals surface area contributed by atoms with Crippen molar-refractivity contribution in [2.75, 3.05) is 31.6 Å². The summed E-state index contributed by atoms with van der Waals surface area (Å²) in [5, 5.41) is 4.94. The van der Waals surface area contributed by atoms with E-state index >= 15 is 0 Å². The molecule has 1 rings (SSSR count). The van der Waals surface area contributed by atoms with E-state index in [1.807, 2.05) is 31.2 Å². The molecule has 0 heterocycles. The molecule has 2 N–H and O–H groups in total. The molecule has 0 unspecified atom stereocenters. The second-order valence-electron chi connectivity index (χ2n) is 6.05. The number of hydrogen-bond donors (Lipinski definition) is 2. The van der Waals surface area contributed by atoms with Gasteiger partial charge in [-0.15, -0.1) is 0 Å². The van der Waals surface area contributed by atoms with E-state index in [4.69, 9.17) is 0 Å². The molecule has 0 fully saturated rings. The van der Waals surface area contributed by atoms with Crippen LogP contribution in [0.2, 0.25) is 0 Å². The standard InChI is InChI=1S/C19H29N3O4/c1-5-14(4)15-8-10-16(11-9-15)20-17(23)12-22(6-2)13-18(24)21-19(25)26-7-3/h8-11,14H,5-7,12-13H2,1-4H3,(H,20,23)(H,21,24,25)/t14-/m0/s1. The molecule has 7 nitrogen and oxygen atoms in total. The molecule has 3 amide bonds. The van der Waals surface area contributed by atoms with Crippen LogP contribution < -0.4 is 10.6 Å². The molecule has 144 valence electrons. The SMILES string of the molecule is CCOC(=O)NC(=O)CN(CC)CC(=O)Nc1ccc([C@@H](C)CC)cc1. The van der Waals surface area contributed by atoms with E-state index in [2.05, 4.69) is 29.2 Å². The summed E-state index contributed by atoms with van der Waals surface area (Å²) in [7, 11) is 0. The number of carbonyl (C=O) groups is 3. The fraction of sp³-hybridized carbons (Fsp3) is 0.526. The zero-order valence-electron chi connectivity index (χ0n) is 16.0. The van der Waals surface area contributed by atoms with Crippen LogP contribution in [0, 0.1) is 0 Å². The van der Waals surface area contributed by atoms with E-state index in [0.717, 1.165) is 6.42 Å². The summed E-state index contributed by atoms with van der Waals surface area (Å²) in [6, 6.07) is 7.77. The molecule has 0 aliphatic heterocycles. The van der Waals surface area contributed by atoms with Crippen molar-refractivity contribution in [3.8, 4) is 0 Å². The van der Waals surface area contributed by atoms with Crippen molar-refractivity contribution in [3.05, 3.63) is 29.8 Å². The van der Waals surface area contributed by atoms with E-state index < -0.39 is 12.0 Å². The number of rotatable bonds is 9. The Labute approximate surface area is 155 Å². The van der Waals surface area contributed by atoms with Gasteiger partial charge in [0.1, 0.15) is 0 Å². The van der Waals surface area contributed by atoms with E-state index in [0.29, 0.717) is 18.2 Å². The van der Waals surface area contributed by atoms with Gasteiger partial charge in [-0.05, 0) is 43.5 Å². The van der Waals surface area contributed by atoms with Crippen LogP contribution in [-0.4, -0.2) is 49.0 Å². The van der Waals surface area contributed by atoms with Gasteiger partial charge in [0.2, 0.25) is 11.8 Å². The number of nitrogens with one attached hydrogen (secondary N) is 2. The van der Waals surface area contributed by atoms with Gasteiger partial charge in [-0.1, -0.05) is 32.9 Å². The Balaban J connectivity index is 2.51. The Morgan fingerprint density at radius 1 is 1.04 bits per heavy atom. The smallest absolute Gasteiger partial charge is 0.413 e. The van der Waals surface area contributed by atoms with Gasteiger partial charge in [-0.25, -0.2) is 4.79 Å². The van der Waals surface area contributed by atoms with Crippen molar-refractivity contribution in [2.45, 2.75) is 40.0 Å². The molecule has 0 saturated carbocycles. The van der Waals surface area contributed by atoms with Gasteiger partial charge < -0.3 is 10.1 Å². The number of hydrogen-bond acceptors (Lipinski definition) is 5. The van der Waals surface area contributed by atoms with Crippen LogP contribution in [0.15, 0.2) is 24.3 Å². The lowest BCUT2D eigenvalue weighted by Crippen LogP contribution is -2.43. The fourth-order valence-electron chi connectivity index (χ4n) is 2.34. The van der Waals surface area contributed by atoms with Gasteiger partial charge in [-0.2, -0.15) is 0 Å². The zero-order valence-corrected chi connectivity index (χ0v) is 16.0. The molecule has 1 aromatic carbocycles. The number of alkyl carbamates (subject to hydrolysis) is 1. The number of nitrogens with zero attached hydrogens (tertiary/aromatic N) is 1. The first-order chi connectivity index (χ1) is 12.4. The second-order valence-corrected chi connectivity index (χ2v) is 6.05. The Bertz CT molecular complexity index is 601. The van der Waals surface area contributed by atoms with Gasteiger partial charge >= 0.3 is 6.09 Å². The predicted molar refractivity (Wildman–Crippen MR) is 101 cm³/mol. The van der Waals surface area contributed by atoms with Gasteiger partial charge in [-0.3, -0.25) is 19.8 Å². The summed E-state index contributed by atoms with van der Waals surface area (Å²) in [4.78, 5) is 36.8. The summed E-state index contributed by atoms with van der Waals surface area (Å²) in [5.41, 5.74) is 1.95. The zero-order chi connectivity index (χ0) is 19.5. The Morgan fingerprint density at radius 2 is 1.65 bits per heavy atom. The van der Waals surface area contributed by atoms with Crippen LogP contribution in [0.25, 0.3) is 0 Å². The number of likely N-dealkylation sites (N-methyl/N-ethyl adjacent to an activating group) is 1. The van der Waals surface area contributed by atoms with Gasteiger partial charge in [0.25, 0.3) is 0 Å². The molecule has 0 radical (unpaired) electrons. The number of benzene rings is 1. The molecule has 0 saturated heterocycles. The summed E-state index contributed by atoms with van der Waals surface area (Å²) < 4.78 is 4.65. The third kappa shape index (κ3) is 7.65. The number of ether oxygens (including phenoxy) is 1. The maximum absolute atomic E-state index is 12.2. The molecule has 0 spiro atoms. The predicted octanol–water partition coefficient (Wildman–Crippen LogP) is 2.73. The Kier molecular flexibility index (Phi) is 9.36. The molecule has 0 aliphatic rings. The highest BCUT2D eigenvalue weighted by Gasteiger charge is 2.15. The number of carbonyl (C=O) groups excluding carboxylic acids is 3. The maximum Gasteiger partial charge on any atom is 0.413 e. The summed E-state index contributed by atoms with van der Waals surface area (Å²) in [6.45, 7) is 8.47. The Hall–Kier alpha value is -2.41. The normalized spacial score (nSPS) is 11.7. The highest BCUT2D eigenvalue weighted by atomic mass is 16.5. The van der Waals surface area contributed by atoms with E-state index in [1.165, 1.54) is 5.56 Å². The van der Waals surface area contributed by atoms with Gasteiger partial charge in [0.05, 0.1) is 19.7 Å². The van der Waals surface area contributed by atoms with Crippen LogP contribution >= 0.6 is 0 Å². The van der Waals surface area contributed by atoms with Crippen LogP contribution in [0.5, 0.6) is 0 Å². The van der Waals surface area contributed by atoms with Crippen molar-refractivity contribution in [1.82, 2.24) is 10.2 Å². The van der Waals surface area contributed by atoms with Crippen LogP contribution in [0.3, 0.4) is 0 Å². The largest absolute Gasteiger partial charge is 0.450 e. The number of imide groups is 1. The first-order valence-electron chi connectivity index (χ1n) is 8.98. The molecule has 1 atom stereocenters. The minimum Gasteiger partial charge on any atom is -0.450 e. The third-order valence-electron chi connectivity index (χ3n) is 4.07. The molecule has 0 bridgehead atoms. The average Bonchev–Trinajstić information content (AvgIpc) is 2.61. The molecule has 26 heavy (non-hydrogen) atoms. The summed E-state index contributed by atoms with van der Waals surface area (Å²) in [6.07, 6.45) is 0.282. The van der Waals surface area contributed by atoms with Crippen molar-refractivity contribution < 1.29 is 19.1 Å². The lowest BCUT2D eigenvalue weighted by molar-refractivity contribution is -0.122. The van der Waals surface area contributed by atoms with Crippen molar-refractivity contribution in [2.24, 2.45) is 0 Å². The molecule has 7 heteroatoms. The van der Waals surface area contributed by atoms with Gasteiger partial charge in [0, 0.05) is 5.69 Å². The van der Waals surface area contributed by atoms with Crippen molar-refractivity contribution in [3.63, 3.8) is 0 Å². The first-order valence-corrected chi connectivity index (χ1v) is 8.98. The minimum atomic E-state index is -0.778. The number of amides is 3. The summed E-state index contributed by atoms with van der Waals surface area (Å²) in [5.74, 6) is -0.240. The quantitative estimate of drug-likeness (QED) is 0.704. The monoisotopic (exact) mass is 363 g/mol. The minimum absolute atomic E-state index is 0.0554. The van der Waals surface area contributed by atoms with E-state index in [1.54, 1.807) is 11.8 Å². The lowest BCUT2D eigenvalue weighted by atomic mass is 9.99. The maximum atomic E-state index is 12.2. The van der Waals surface area contributed by atoms with Crippen molar-refractivity contribution >= 4 is 23.6 Å². The van der Waals surface area contributed by atoms with Gasteiger partial charge in [0.15, 0.2) is 0 Å². The molecule has 0 aromatic heterocycles. The second kappa shape index (κ2) is 11.3. The highest BCUT2D eigenvalue weighted by molar-refractivity contribution is 5.94. The number of anilines is 1. The van der Waals surface area contributed by atoms with Crippen LogP contribution in [0.1, 0.15) is 45.6 Å². The molecular formula is C19H29N3O4. The fourth-order valence-corrected chi connectivity index (χ4v) is 2.34. The Morgan fingerprint density at radius 3 is 2.19 bits per heavy atom. The average molecular weight is 363 g/mol. The lowest BCUT2D eigenvalue weighted by Gasteiger charge is -2.19. The van der Waals surface area contributed by atoms with Crippen molar-refractivity contribution in [1.29, 1.82) is 0 Å². The molecule has 1 aromatic rings.